The van der Waals surface area contributed by atoms with Crippen LogP contribution in [0.25, 0.3) is 17.0 Å². The van der Waals surface area contributed by atoms with Crippen LogP contribution in [-0.4, -0.2) is 10.8 Å². The second kappa shape index (κ2) is 4.84. The molecule has 3 nitrogen and oxygen atoms in total. The summed E-state index contributed by atoms with van der Waals surface area (Å²) < 4.78 is 13.0. The molecule has 108 valence electrons. The zero-order chi connectivity index (χ0) is 15.1. The van der Waals surface area contributed by atoms with Gasteiger partial charge in [-0.3, -0.25) is 4.79 Å². The van der Waals surface area contributed by atoms with Crippen molar-refractivity contribution in [3.05, 3.63) is 77.4 Å². The molecular formula is C18H13FN2O. The third-order valence-electron chi connectivity index (χ3n) is 3.97. The highest BCUT2D eigenvalue weighted by atomic mass is 19.1. The largest absolute Gasteiger partial charge is 0.376 e. The molecule has 0 fully saturated rings. The van der Waals surface area contributed by atoms with Gasteiger partial charge < -0.3 is 10.3 Å². The number of halogens is 1. The Kier molecular flexibility index (Phi) is 2.82. The maximum Gasteiger partial charge on any atom is 0.191 e. The number of hydrogen-bond acceptors (Lipinski definition) is 2. The van der Waals surface area contributed by atoms with Crippen molar-refractivity contribution >= 4 is 22.8 Å². The summed E-state index contributed by atoms with van der Waals surface area (Å²) in [7, 11) is 0. The van der Waals surface area contributed by atoms with Crippen molar-refractivity contribution in [2.45, 2.75) is 6.04 Å². The lowest BCUT2D eigenvalue weighted by molar-refractivity contribution is 0.0947. The van der Waals surface area contributed by atoms with Gasteiger partial charge in [-0.15, -0.1) is 0 Å². The average Bonchev–Trinajstić information content (AvgIpc) is 2.93. The van der Waals surface area contributed by atoms with Crippen molar-refractivity contribution in [2.75, 3.05) is 0 Å². The van der Waals surface area contributed by atoms with E-state index in [4.69, 9.17) is 0 Å². The van der Waals surface area contributed by atoms with Crippen LogP contribution < -0.4 is 5.32 Å². The Morgan fingerprint density at radius 2 is 1.82 bits per heavy atom. The first-order valence-corrected chi connectivity index (χ1v) is 7.07. The molecule has 1 aromatic heterocycles. The Bertz CT molecular complexity index is 893. The normalized spacial score (nSPS) is 16.3. The first-order valence-electron chi connectivity index (χ1n) is 7.07. The highest BCUT2D eigenvalue weighted by Gasteiger charge is 2.27. The predicted octanol–water partition coefficient (Wildman–Crippen LogP) is 3.80. The second-order valence-electron chi connectivity index (χ2n) is 5.30. The van der Waals surface area contributed by atoms with Crippen LogP contribution in [0.5, 0.6) is 0 Å². The molecule has 0 saturated heterocycles. The number of aromatic amines is 1. The first kappa shape index (κ1) is 12.8. The van der Waals surface area contributed by atoms with Crippen LogP contribution in [-0.2, 0) is 0 Å². The molecule has 2 N–H and O–H groups in total. The molecule has 0 spiro atoms. The lowest BCUT2D eigenvalue weighted by atomic mass is 9.96. The fraction of sp³-hybridized carbons (Fsp3) is 0.0556. The number of carbonyl (C=O) groups is 1. The van der Waals surface area contributed by atoms with Crippen LogP contribution in [0.15, 0.2) is 54.7 Å². The zero-order valence-corrected chi connectivity index (χ0v) is 11.6. The second-order valence-corrected chi connectivity index (χ2v) is 5.30. The van der Waals surface area contributed by atoms with E-state index in [2.05, 4.69) is 10.3 Å². The van der Waals surface area contributed by atoms with Crippen molar-refractivity contribution in [1.82, 2.24) is 10.3 Å². The number of nitrogens with one attached hydrogen (secondary N) is 2. The number of aromatic nitrogens is 1. The van der Waals surface area contributed by atoms with E-state index < -0.39 is 6.04 Å². The maximum atomic E-state index is 13.0. The summed E-state index contributed by atoms with van der Waals surface area (Å²) in [6, 6.07) is 13.1. The fourth-order valence-corrected chi connectivity index (χ4v) is 2.89. The summed E-state index contributed by atoms with van der Waals surface area (Å²) in [5, 5.41) is 4.18. The van der Waals surface area contributed by atoms with Gasteiger partial charge in [0.25, 0.3) is 0 Å². The summed E-state index contributed by atoms with van der Waals surface area (Å²) in [5.41, 5.74) is 3.35. The van der Waals surface area contributed by atoms with Gasteiger partial charge >= 0.3 is 0 Å². The van der Waals surface area contributed by atoms with Gasteiger partial charge in [0.1, 0.15) is 11.9 Å². The molecule has 2 aromatic carbocycles. The number of H-pyrrole nitrogens is 1. The SMILES string of the molecule is O=C(c1ccc(F)cc1)C1NC=Cc2c1[nH]c1ccccc21. The molecular weight excluding hydrogens is 279 g/mol. The number of ketones is 1. The molecule has 0 radical (unpaired) electrons. The molecule has 1 unspecified atom stereocenters. The van der Waals surface area contributed by atoms with Crippen LogP contribution in [0, 0.1) is 5.82 Å². The van der Waals surface area contributed by atoms with Crippen molar-refractivity contribution in [2.24, 2.45) is 0 Å². The van der Waals surface area contributed by atoms with Gasteiger partial charge in [-0.1, -0.05) is 18.2 Å². The van der Waals surface area contributed by atoms with E-state index in [9.17, 15) is 9.18 Å². The van der Waals surface area contributed by atoms with Crippen LogP contribution in [0.3, 0.4) is 0 Å². The van der Waals surface area contributed by atoms with Crippen molar-refractivity contribution < 1.29 is 9.18 Å². The first-order chi connectivity index (χ1) is 10.7. The number of fused-ring (bicyclic) bond motifs is 3. The Hall–Kier alpha value is -2.88. The van der Waals surface area contributed by atoms with Crippen LogP contribution in [0.1, 0.15) is 27.7 Å². The summed E-state index contributed by atoms with van der Waals surface area (Å²) in [6.07, 6.45) is 3.75. The van der Waals surface area contributed by atoms with Gasteiger partial charge in [0.15, 0.2) is 5.78 Å². The Morgan fingerprint density at radius 3 is 2.64 bits per heavy atom. The molecule has 1 aliphatic rings. The topological polar surface area (TPSA) is 44.9 Å². The van der Waals surface area contributed by atoms with Gasteiger partial charge in [-0.2, -0.15) is 0 Å². The van der Waals surface area contributed by atoms with E-state index in [1.807, 2.05) is 30.3 Å². The van der Waals surface area contributed by atoms with Crippen molar-refractivity contribution in [1.29, 1.82) is 0 Å². The minimum absolute atomic E-state index is 0.0860. The van der Waals surface area contributed by atoms with E-state index >= 15 is 0 Å². The molecule has 1 aliphatic heterocycles. The smallest absolute Gasteiger partial charge is 0.191 e. The average molecular weight is 292 g/mol. The number of para-hydroxylation sites is 1. The molecule has 4 heteroatoms. The molecule has 3 aromatic rings. The van der Waals surface area contributed by atoms with Crippen LogP contribution in [0.2, 0.25) is 0 Å². The highest BCUT2D eigenvalue weighted by Crippen LogP contribution is 2.32. The third-order valence-corrected chi connectivity index (χ3v) is 3.97. The lowest BCUT2D eigenvalue weighted by Gasteiger charge is -2.20. The zero-order valence-electron chi connectivity index (χ0n) is 11.6. The molecule has 0 saturated carbocycles. The number of rotatable bonds is 2. The third kappa shape index (κ3) is 1.92. The van der Waals surface area contributed by atoms with Crippen molar-refractivity contribution in [3.8, 4) is 0 Å². The number of benzene rings is 2. The molecule has 22 heavy (non-hydrogen) atoms. The van der Waals surface area contributed by atoms with Gasteiger partial charge in [-0.05, 0) is 42.6 Å². The van der Waals surface area contributed by atoms with Gasteiger partial charge in [-0.25, -0.2) is 4.39 Å². The van der Waals surface area contributed by atoms with Gasteiger partial charge in [0.05, 0.1) is 5.69 Å². The standard InChI is InChI=1S/C18H13FN2O/c19-12-7-5-11(6-8-12)18(22)17-16-14(9-10-20-17)13-3-1-2-4-15(13)21-16/h1-10,17,20-21H. The Morgan fingerprint density at radius 1 is 1.05 bits per heavy atom. The quantitative estimate of drug-likeness (QED) is 0.706. The molecule has 4 rings (SSSR count). The molecule has 0 amide bonds. The Labute approximate surface area is 126 Å². The summed E-state index contributed by atoms with van der Waals surface area (Å²) in [6.45, 7) is 0. The van der Waals surface area contributed by atoms with E-state index in [-0.39, 0.29) is 11.6 Å². The summed E-state index contributed by atoms with van der Waals surface area (Å²) in [4.78, 5) is 16.0. The highest BCUT2D eigenvalue weighted by molar-refractivity contribution is 6.03. The van der Waals surface area contributed by atoms with E-state index in [0.717, 1.165) is 22.2 Å². The van der Waals surface area contributed by atoms with Crippen LogP contribution in [0.4, 0.5) is 4.39 Å². The maximum absolute atomic E-state index is 13.0. The van der Waals surface area contributed by atoms with E-state index in [0.29, 0.717) is 5.56 Å². The lowest BCUT2D eigenvalue weighted by Crippen LogP contribution is -2.27. The van der Waals surface area contributed by atoms with Gasteiger partial charge in [0, 0.05) is 22.0 Å². The number of hydrogen-bond donors (Lipinski definition) is 2. The fourth-order valence-electron chi connectivity index (χ4n) is 2.89. The van der Waals surface area contributed by atoms with E-state index in [1.165, 1.54) is 24.3 Å². The summed E-state index contributed by atoms with van der Waals surface area (Å²) in [5.74, 6) is -0.434. The van der Waals surface area contributed by atoms with Gasteiger partial charge in [0.2, 0.25) is 0 Å². The summed E-state index contributed by atoms with van der Waals surface area (Å²) >= 11 is 0. The van der Waals surface area contributed by atoms with Crippen LogP contribution >= 0.6 is 0 Å². The molecule has 1 atom stereocenters. The molecule has 0 aliphatic carbocycles. The molecule has 2 heterocycles. The number of carbonyl (C=O) groups excluding carboxylic acids is 1. The number of Topliss-reactive ketones (excluding diaryl/α,β-unsaturated/α-hetero) is 1. The van der Waals surface area contributed by atoms with Crippen molar-refractivity contribution in [3.63, 3.8) is 0 Å². The predicted molar refractivity (Wildman–Crippen MR) is 83.9 cm³/mol. The van der Waals surface area contributed by atoms with E-state index in [1.54, 1.807) is 6.20 Å². The molecule has 0 bridgehead atoms. The minimum atomic E-state index is -0.488. The minimum Gasteiger partial charge on any atom is -0.376 e. The Balaban J connectivity index is 1.80. The monoisotopic (exact) mass is 292 g/mol.